The number of nitrogens with zero attached hydrogens (tertiary/aromatic N) is 1. The molecule has 2 fully saturated rings. The molecule has 0 spiro atoms. The van der Waals surface area contributed by atoms with E-state index in [0.29, 0.717) is 31.4 Å². The normalized spacial score (nSPS) is 22.2. The third-order valence-electron chi connectivity index (χ3n) is 5.64. The highest BCUT2D eigenvalue weighted by Gasteiger charge is 2.37. The van der Waals surface area contributed by atoms with Crippen LogP contribution in [0.2, 0.25) is 0 Å². The molecule has 0 bridgehead atoms. The molecule has 2 amide bonds. The minimum atomic E-state index is -0.910. The highest BCUT2D eigenvalue weighted by Crippen LogP contribution is 2.21. The quantitative estimate of drug-likeness (QED) is 0.632. The van der Waals surface area contributed by atoms with Crippen LogP contribution < -0.4 is 10.1 Å². The molecular formula is C23H32N2O6. The summed E-state index contributed by atoms with van der Waals surface area (Å²) < 4.78 is 16.5. The summed E-state index contributed by atoms with van der Waals surface area (Å²) in [4.78, 5) is 39.2. The van der Waals surface area contributed by atoms with Gasteiger partial charge in [-0.25, -0.2) is 0 Å². The average Bonchev–Trinajstić information content (AvgIpc) is 3.27. The molecule has 170 valence electrons. The lowest BCUT2D eigenvalue weighted by Crippen LogP contribution is -2.60. The maximum absolute atomic E-state index is 13.0. The Hall–Kier alpha value is -2.61. The molecule has 3 rings (SSSR count). The van der Waals surface area contributed by atoms with E-state index in [1.807, 2.05) is 24.3 Å². The number of amides is 2. The molecule has 2 saturated heterocycles. The van der Waals surface area contributed by atoms with Gasteiger partial charge in [0.15, 0.2) is 6.10 Å². The van der Waals surface area contributed by atoms with Crippen LogP contribution in [0.4, 0.5) is 0 Å². The number of hydrogen-bond donors (Lipinski definition) is 1. The topological polar surface area (TPSA) is 94.2 Å². The third kappa shape index (κ3) is 6.19. The highest BCUT2D eigenvalue weighted by atomic mass is 16.6. The van der Waals surface area contributed by atoms with Crippen LogP contribution in [-0.2, 0) is 23.9 Å². The molecule has 0 aliphatic carbocycles. The lowest BCUT2D eigenvalue weighted by Gasteiger charge is -2.36. The number of nitrogens with one attached hydrogen (secondary N) is 1. The average molecular weight is 433 g/mol. The van der Waals surface area contributed by atoms with Gasteiger partial charge in [-0.3, -0.25) is 14.4 Å². The van der Waals surface area contributed by atoms with Crippen molar-refractivity contribution < 1.29 is 28.6 Å². The van der Waals surface area contributed by atoms with Crippen molar-refractivity contribution in [1.29, 1.82) is 0 Å². The summed E-state index contributed by atoms with van der Waals surface area (Å²) in [6.07, 6.45) is 0.737. The first-order valence-electron chi connectivity index (χ1n) is 11.0. The highest BCUT2D eigenvalue weighted by molar-refractivity contribution is 5.93. The van der Waals surface area contributed by atoms with Crippen molar-refractivity contribution in [1.82, 2.24) is 10.2 Å². The summed E-state index contributed by atoms with van der Waals surface area (Å²) in [5, 5.41) is 2.72. The fraction of sp³-hybridized carbons (Fsp3) is 0.609. The molecule has 8 heteroatoms. The van der Waals surface area contributed by atoms with Crippen LogP contribution in [0.1, 0.15) is 51.5 Å². The van der Waals surface area contributed by atoms with Crippen molar-refractivity contribution in [2.75, 3.05) is 26.3 Å². The molecule has 0 aromatic heterocycles. The van der Waals surface area contributed by atoms with Gasteiger partial charge in [-0.15, -0.1) is 0 Å². The van der Waals surface area contributed by atoms with E-state index in [1.54, 1.807) is 6.92 Å². The zero-order chi connectivity index (χ0) is 22.4. The van der Waals surface area contributed by atoms with E-state index < -0.39 is 18.1 Å². The fourth-order valence-electron chi connectivity index (χ4n) is 3.78. The first kappa shape index (κ1) is 23.1. The molecule has 2 aliphatic heterocycles. The number of ether oxygens (including phenoxy) is 3. The Balaban J connectivity index is 1.58. The maximum atomic E-state index is 13.0. The summed E-state index contributed by atoms with van der Waals surface area (Å²) in [5.41, 5.74) is 1.18. The SMILES string of the molecule is CC(C)c1ccc(O[C@@H](C)C(=O)N2CCNC(=O)[C@@H]2CC(=O)OC[C@@H]2CCCO2)cc1. The summed E-state index contributed by atoms with van der Waals surface area (Å²) in [6, 6.07) is 6.70. The minimum absolute atomic E-state index is 0.0858. The van der Waals surface area contributed by atoms with E-state index in [4.69, 9.17) is 14.2 Å². The van der Waals surface area contributed by atoms with Gasteiger partial charge in [-0.05, 0) is 43.4 Å². The van der Waals surface area contributed by atoms with Crippen LogP contribution in [-0.4, -0.2) is 67.2 Å². The first-order chi connectivity index (χ1) is 14.8. The van der Waals surface area contributed by atoms with Crippen LogP contribution in [0.5, 0.6) is 5.75 Å². The number of carbonyl (C=O) groups is 3. The number of esters is 1. The van der Waals surface area contributed by atoms with E-state index in [9.17, 15) is 14.4 Å². The monoisotopic (exact) mass is 432 g/mol. The van der Waals surface area contributed by atoms with Crippen molar-refractivity contribution in [3.8, 4) is 5.75 Å². The molecule has 1 N–H and O–H groups in total. The van der Waals surface area contributed by atoms with Crippen molar-refractivity contribution >= 4 is 17.8 Å². The van der Waals surface area contributed by atoms with E-state index in [1.165, 1.54) is 10.5 Å². The van der Waals surface area contributed by atoms with Crippen LogP contribution in [0.25, 0.3) is 0 Å². The Labute approximate surface area is 183 Å². The van der Waals surface area contributed by atoms with Crippen molar-refractivity contribution in [3.05, 3.63) is 29.8 Å². The second-order valence-electron chi connectivity index (χ2n) is 8.34. The van der Waals surface area contributed by atoms with Crippen molar-refractivity contribution in [2.45, 2.75) is 64.2 Å². The Morgan fingerprint density at radius 2 is 1.97 bits per heavy atom. The van der Waals surface area contributed by atoms with Gasteiger partial charge in [0.25, 0.3) is 5.91 Å². The van der Waals surface area contributed by atoms with Gasteiger partial charge < -0.3 is 24.4 Å². The van der Waals surface area contributed by atoms with Gasteiger partial charge in [0.1, 0.15) is 18.4 Å². The molecule has 0 radical (unpaired) electrons. The zero-order valence-corrected chi connectivity index (χ0v) is 18.5. The Bertz CT molecular complexity index is 773. The largest absolute Gasteiger partial charge is 0.481 e. The van der Waals surface area contributed by atoms with Crippen LogP contribution in [0.15, 0.2) is 24.3 Å². The standard InChI is InChI=1S/C23H32N2O6/c1-15(2)17-6-8-18(9-7-17)31-16(3)23(28)25-11-10-24-22(27)20(25)13-21(26)30-14-19-5-4-12-29-19/h6-9,15-16,19-20H,4-5,10-14H2,1-3H3,(H,24,27)/t16-,19-,20-/m0/s1. The summed E-state index contributed by atoms with van der Waals surface area (Å²) in [7, 11) is 0. The third-order valence-corrected chi connectivity index (χ3v) is 5.64. The van der Waals surface area contributed by atoms with Crippen LogP contribution in [0.3, 0.4) is 0 Å². The van der Waals surface area contributed by atoms with Gasteiger partial charge in [0, 0.05) is 19.7 Å². The number of piperazine rings is 1. The molecule has 1 aromatic rings. The summed E-state index contributed by atoms with van der Waals surface area (Å²) >= 11 is 0. The van der Waals surface area contributed by atoms with Gasteiger partial charge in [-0.1, -0.05) is 26.0 Å². The fourth-order valence-corrected chi connectivity index (χ4v) is 3.78. The summed E-state index contributed by atoms with van der Waals surface area (Å²) in [6.45, 7) is 7.36. The van der Waals surface area contributed by atoms with Crippen molar-refractivity contribution in [3.63, 3.8) is 0 Å². The van der Waals surface area contributed by atoms with Crippen LogP contribution in [0, 0.1) is 0 Å². The number of carbonyl (C=O) groups excluding carboxylic acids is 3. The van der Waals surface area contributed by atoms with Gasteiger partial charge in [0.05, 0.1) is 12.5 Å². The molecule has 8 nitrogen and oxygen atoms in total. The maximum Gasteiger partial charge on any atom is 0.308 e. The van der Waals surface area contributed by atoms with Gasteiger partial charge >= 0.3 is 5.97 Å². The van der Waals surface area contributed by atoms with E-state index in [2.05, 4.69) is 19.2 Å². The molecule has 2 aliphatic rings. The van der Waals surface area contributed by atoms with Gasteiger partial charge in [-0.2, -0.15) is 0 Å². The zero-order valence-electron chi connectivity index (χ0n) is 18.5. The molecule has 0 unspecified atom stereocenters. The predicted octanol–water partition coefficient (Wildman–Crippen LogP) is 2.02. The number of rotatable bonds is 8. The second-order valence-corrected chi connectivity index (χ2v) is 8.34. The molecular weight excluding hydrogens is 400 g/mol. The Morgan fingerprint density at radius 1 is 1.23 bits per heavy atom. The van der Waals surface area contributed by atoms with E-state index in [0.717, 1.165) is 12.8 Å². The van der Waals surface area contributed by atoms with Crippen molar-refractivity contribution in [2.24, 2.45) is 0 Å². The van der Waals surface area contributed by atoms with E-state index in [-0.39, 0.29) is 30.9 Å². The molecule has 2 heterocycles. The smallest absolute Gasteiger partial charge is 0.308 e. The van der Waals surface area contributed by atoms with E-state index >= 15 is 0 Å². The molecule has 0 saturated carbocycles. The molecule has 3 atom stereocenters. The van der Waals surface area contributed by atoms with Gasteiger partial charge in [0.2, 0.25) is 5.91 Å². The number of benzene rings is 1. The Morgan fingerprint density at radius 3 is 2.61 bits per heavy atom. The lowest BCUT2D eigenvalue weighted by atomic mass is 10.0. The predicted molar refractivity (Wildman–Crippen MR) is 114 cm³/mol. The first-order valence-corrected chi connectivity index (χ1v) is 11.0. The number of hydrogen-bond acceptors (Lipinski definition) is 6. The summed E-state index contributed by atoms with van der Waals surface area (Å²) in [5.74, 6) is -0.227. The lowest BCUT2D eigenvalue weighted by molar-refractivity contribution is -0.155. The van der Waals surface area contributed by atoms with Crippen LogP contribution >= 0.6 is 0 Å². The Kier molecular flexibility index (Phi) is 7.90. The minimum Gasteiger partial charge on any atom is -0.481 e. The second kappa shape index (κ2) is 10.6. The molecule has 1 aromatic carbocycles. The molecule has 31 heavy (non-hydrogen) atoms.